The lowest BCUT2D eigenvalue weighted by Crippen LogP contribution is -2.43. The first-order chi connectivity index (χ1) is 11.6. The molecule has 0 saturated heterocycles. The minimum Gasteiger partial charge on any atom is -0.384 e. The maximum Gasteiger partial charge on any atom is 0.416 e. The van der Waals surface area contributed by atoms with Gasteiger partial charge in [-0.15, -0.1) is 0 Å². The van der Waals surface area contributed by atoms with Crippen molar-refractivity contribution in [2.45, 2.75) is 44.9 Å². The van der Waals surface area contributed by atoms with E-state index in [-0.39, 0.29) is 5.41 Å². The first-order valence-electron chi connectivity index (χ1n) is 8.21. The Balaban J connectivity index is 1.93. The average Bonchev–Trinajstić information content (AvgIpc) is 3.10. The number of alkyl halides is 3. The number of aromatic amines is 1. The summed E-state index contributed by atoms with van der Waals surface area (Å²) in [4.78, 5) is 7.22. The van der Waals surface area contributed by atoms with Crippen LogP contribution in [0.1, 0.15) is 43.6 Å². The van der Waals surface area contributed by atoms with Crippen LogP contribution in [0.2, 0.25) is 0 Å². The van der Waals surface area contributed by atoms with Crippen molar-refractivity contribution in [3.63, 3.8) is 0 Å². The molecule has 1 aliphatic rings. The molecule has 1 saturated carbocycles. The number of nitrogens with zero attached hydrogens (tertiary/aromatic N) is 1. The van der Waals surface area contributed by atoms with Gasteiger partial charge in [-0.2, -0.15) is 13.2 Å². The highest BCUT2D eigenvalue weighted by Crippen LogP contribution is 2.51. The molecule has 3 rings (SSSR count). The molecule has 0 aliphatic heterocycles. The number of hydrogen-bond acceptors (Lipinski definition) is 2. The summed E-state index contributed by atoms with van der Waals surface area (Å²) in [7, 11) is 0. The molecule has 6 heteroatoms. The number of H-pyrrole nitrogens is 1. The number of benzene rings is 1. The molecule has 1 heterocycles. The van der Waals surface area contributed by atoms with Gasteiger partial charge in [0, 0.05) is 18.8 Å². The maximum atomic E-state index is 12.7. The van der Waals surface area contributed by atoms with Crippen LogP contribution in [0.25, 0.3) is 6.08 Å². The maximum absolute atomic E-state index is 12.7. The van der Waals surface area contributed by atoms with Crippen LogP contribution < -0.4 is 0 Å². The smallest absolute Gasteiger partial charge is 0.384 e. The fraction of sp³-hybridized carbons (Fsp3) is 0.421. The Morgan fingerprint density at radius 1 is 1.24 bits per heavy atom. The highest BCUT2D eigenvalue weighted by molar-refractivity contribution is 5.57. The number of aromatic nitrogens is 2. The molecule has 2 N–H and O–H groups in total. The lowest BCUT2D eigenvalue weighted by atomic mass is 9.73. The van der Waals surface area contributed by atoms with E-state index in [0.717, 1.165) is 24.1 Å². The molecule has 0 bridgehead atoms. The zero-order valence-corrected chi connectivity index (χ0v) is 14.2. The molecule has 0 spiro atoms. The fourth-order valence-corrected chi connectivity index (χ4v) is 3.45. The molecular formula is C19H21F3N2O. The third-order valence-electron chi connectivity index (χ3n) is 5.23. The van der Waals surface area contributed by atoms with Gasteiger partial charge in [0.05, 0.1) is 11.2 Å². The van der Waals surface area contributed by atoms with E-state index >= 15 is 0 Å². The lowest BCUT2D eigenvalue weighted by Gasteiger charge is -2.37. The largest absolute Gasteiger partial charge is 0.416 e. The Labute approximate surface area is 144 Å². The van der Waals surface area contributed by atoms with Crippen LogP contribution in [0.3, 0.4) is 0 Å². The zero-order valence-electron chi connectivity index (χ0n) is 14.2. The molecule has 1 atom stereocenters. The Kier molecular flexibility index (Phi) is 4.27. The topological polar surface area (TPSA) is 48.9 Å². The van der Waals surface area contributed by atoms with E-state index in [4.69, 9.17) is 0 Å². The highest BCUT2D eigenvalue weighted by Gasteiger charge is 2.51. The summed E-state index contributed by atoms with van der Waals surface area (Å²) in [6, 6.07) is 5.01. The lowest BCUT2D eigenvalue weighted by molar-refractivity contribution is -0.137. The summed E-state index contributed by atoms with van der Waals surface area (Å²) < 4.78 is 38.1. The molecule has 2 aromatic rings. The van der Waals surface area contributed by atoms with E-state index in [0.29, 0.717) is 24.2 Å². The van der Waals surface area contributed by atoms with E-state index in [1.807, 2.05) is 13.8 Å². The molecule has 1 fully saturated rings. The predicted molar refractivity (Wildman–Crippen MR) is 89.7 cm³/mol. The average molecular weight is 350 g/mol. The third-order valence-corrected chi connectivity index (χ3v) is 5.23. The summed E-state index contributed by atoms with van der Waals surface area (Å²) >= 11 is 0. The Morgan fingerprint density at radius 3 is 2.48 bits per heavy atom. The number of nitrogens with one attached hydrogen (secondary N) is 1. The van der Waals surface area contributed by atoms with Gasteiger partial charge in [0.15, 0.2) is 0 Å². The van der Waals surface area contributed by atoms with Gasteiger partial charge in [0.2, 0.25) is 0 Å². The second-order valence-electron chi connectivity index (χ2n) is 7.25. The molecule has 134 valence electrons. The van der Waals surface area contributed by atoms with Crippen molar-refractivity contribution in [1.82, 2.24) is 9.97 Å². The van der Waals surface area contributed by atoms with Gasteiger partial charge in [-0.3, -0.25) is 0 Å². The van der Waals surface area contributed by atoms with Crippen molar-refractivity contribution in [1.29, 1.82) is 0 Å². The number of halogens is 3. The molecule has 1 unspecified atom stereocenters. The van der Waals surface area contributed by atoms with Crippen LogP contribution in [0.4, 0.5) is 13.2 Å². The Bertz CT molecular complexity index is 761. The quantitative estimate of drug-likeness (QED) is 0.849. The second kappa shape index (κ2) is 6.02. The van der Waals surface area contributed by atoms with Crippen molar-refractivity contribution >= 4 is 6.08 Å². The molecule has 1 aromatic carbocycles. The number of aliphatic hydroxyl groups is 1. The van der Waals surface area contributed by atoms with Crippen molar-refractivity contribution in [3.8, 4) is 0 Å². The molecular weight excluding hydrogens is 329 g/mol. The Morgan fingerprint density at radius 2 is 1.92 bits per heavy atom. The highest BCUT2D eigenvalue weighted by atomic mass is 19.4. The van der Waals surface area contributed by atoms with Gasteiger partial charge in [0.25, 0.3) is 0 Å². The fourth-order valence-electron chi connectivity index (χ4n) is 3.45. The molecule has 0 radical (unpaired) electrons. The third kappa shape index (κ3) is 3.35. The second-order valence-corrected chi connectivity index (χ2v) is 7.25. The summed E-state index contributed by atoms with van der Waals surface area (Å²) in [5.74, 6) is 0.691. The standard InChI is InChI=1S/C19H21F3N2O/c1-17(2)8-7-15(18(17,25)12-16-23-9-10-24-16)11-13-3-5-14(6-4-13)19(20,21)22/h3-6,9-11,25H,7-8,12H2,1-2H3,(H,23,24). The van der Waals surface area contributed by atoms with Crippen molar-refractivity contribution in [2.24, 2.45) is 5.41 Å². The number of rotatable bonds is 3. The first-order valence-corrected chi connectivity index (χ1v) is 8.21. The van der Waals surface area contributed by atoms with Gasteiger partial charge in [-0.05, 0) is 41.5 Å². The molecule has 3 nitrogen and oxygen atoms in total. The van der Waals surface area contributed by atoms with Gasteiger partial charge < -0.3 is 10.1 Å². The molecule has 1 aliphatic carbocycles. The Hall–Kier alpha value is -2.08. The number of hydrogen-bond donors (Lipinski definition) is 2. The van der Waals surface area contributed by atoms with Crippen LogP contribution in [-0.2, 0) is 12.6 Å². The molecule has 25 heavy (non-hydrogen) atoms. The van der Waals surface area contributed by atoms with Gasteiger partial charge in [-0.1, -0.05) is 32.1 Å². The first kappa shape index (κ1) is 17.7. The summed E-state index contributed by atoms with van der Waals surface area (Å²) in [5.41, 5.74) is -0.634. The van der Waals surface area contributed by atoms with Crippen LogP contribution in [0.15, 0.2) is 42.2 Å². The molecule has 0 amide bonds. The van der Waals surface area contributed by atoms with Crippen LogP contribution in [0, 0.1) is 5.41 Å². The van der Waals surface area contributed by atoms with E-state index in [2.05, 4.69) is 9.97 Å². The van der Waals surface area contributed by atoms with E-state index < -0.39 is 17.3 Å². The normalized spacial score (nSPS) is 24.8. The van der Waals surface area contributed by atoms with E-state index in [1.54, 1.807) is 18.5 Å². The minimum absolute atomic E-state index is 0.347. The predicted octanol–water partition coefficient (Wildman–Crippen LogP) is 4.61. The van der Waals surface area contributed by atoms with Gasteiger partial charge in [-0.25, -0.2) is 4.98 Å². The summed E-state index contributed by atoms with van der Waals surface area (Å²) in [5, 5.41) is 11.4. The SMILES string of the molecule is CC1(C)CCC(=Cc2ccc(C(F)(F)F)cc2)C1(O)Cc1ncc[nH]1. The van der Waals surface area contributed by atoms with Gasteiger partial charge in [0.1, 0.15) is 5.82 Å². The van der Waals surface area contributed by atoms with Crippen molar-refractivity contribution < 1.29 is 18.3 Å². The van der Waals surface area contributed by atoms with Crippen LogP contribution >= 0.6 is 0 Å². The van der Waals surface area contributed by atoms with Crippen LogP contribution in [0.5, 0.6) is 0 Å². The van der Waals surface area contributed by atoms with Crippen molar-refractivity contribution in [2.75, 3.05) is 0 Å². The zero-order chi connectivity index (χ0) is 18.3. The summed E-state index contributed by atoms with van der Waals surface area (Å²) in [6.45, 7) is 4.01. The summed E-state index contributed by atoms with van der Waals surface area (Å²) in [6.07, 6.45) is 2.65. The molecule has 1 aromatic heterocycles. The monoisotopic (exact) mass is 350 g/mol. The van der Waals surface area contributed by atoms with Crippen molar-refractivity contribution in [3.05, 3.63) is 59.2 Å². The van der Waals surface area contributed by atoms with E-state index in [1.165, 1.54) is 12.1 Å². The minimum atomic E-state index is -4.35. The van der Waals surface area contributed by atoms with E-state index in [9.17, 15) is 18.3 Å². The number of imidazole rings is 1. The van der Waals surface area contributed by atoms with Gasteiger partial charge >= 0.3 is 6.18 Å². The van der Waals surface area contributed by atoms with Crippen LogP contribution in [-0.4, -0.2) is 20.7 Å².